The normalized spacial score (nSPS) is 11.4. The Bertz CT molecular complexity index is 1090. The Morgan fingerprint density at radius 1 is 1.27 bits per heavy atom. The van der Waals surface area contributed by atoms with Crippen molar-refractivity contribution in [2.24, 2.45) is 0 Å². The summed E-state index contributed by atoms with van der Waals surface area (Å²) in [4.78, 5) is 29.2. The number of hydrogen-bond donors (Lipinski definition) is 2. The van der Waals surface area contributed by atoms with Gasteiger partial charge in [0, 0.05) is 29.6 Å². The van der Waals surface area contributed by atoms with Crippen LogP contribution in [0.3, 0.4) is 0 Å². The van der Waals surface area contributed by atoms with E-state index in [4.69, 9.17) is 4.74 Å². The number of carbonyl (C=O) groups is 1. The lowest BCUT2D eigenvalue weighted by Gasteiger charge is -2.20. The van der Waals surface area contributed by atoms with Crippen LogP contribution in [-0.4, -0.2) is 60.9 Å². The zero-order chi connectivity index (χ0) is 21.7. The molecule has 10 nitrogen and oxygen atoms in total. The van der Waals surface area contributed by atoms with Gasteiger partial charge in [-0.15, -0.1) is 5.10 Å². The molecule has 2 N–H and O–H groups in total. The SMILES string of the molecule is CCOC(=O)Cn1nnnc1CN(CCO)Cc1cc2c(C)cc(C)cc2[nH]c1=O. The van der Waals surface area contributed by atoms with Crippen LogP contribution in [0.1, 0.15) is 29.4 Å². The maximum absolute atomic E-state index is 12.6. The Balaban J connectivity index is 1.83. The zero-order valence-electron chi connectivity index (χ0n) is 17.4. The van der Waals surface area contributed by atoms with Crippen molar-refractivity contribution < 1.29 is 14.6 Å². The van der Waals surface area contributed by atoms with Gasteiger partial charge in [-0.3, -0.25) is 14.5 Å². The molecule has 3 rings (SSSR count). The smallest absolute Gasteiger partial charge is 0.327 e. The molecule has 10 heteroatoms. The average molecular weight is 414 g/mol. The molecule has 30 heavy (non-hydrogen) atoms. The Kier molecular flexibility index (Phi) is 6.91. The Hall–Kier alpha value is -3.11. The molecule has 0 fully saturated rings. The first-order chi connectivity index (χ1) is 14.4. The average Bonchev–Trinajstić information content (AvgIpc) is 3.09. The Morgan fingerprint density at radius 2 is 2.07 bits per heavy atom. The first-order valence-corrected chi connectivity index (χ1v) is 9.78. The lowest BCUT2D eigenvalue weighted by molar-refractivity contribution is -0.144. The van der Waals surface area contributed by atoms with Crippen LogP contribution >= 0.6 is 0 Å². The van der Waals surface area contributed by atoms with Crippen molar-refractivity contribution in [2.75, 3.05) is 19.8 Å². The molecule has 0 aliphatic carbocycles. The monoisotopic (exact) mass is 414 g/mol. The number of nitrogens with zero attached hydrogens (tertiary/aromatic N) is 5. The number of benzene rings is 1. The van der Waals surface area contributed by atoms with Crippen molar-refractivity contribution in [3.8, 4) is 0 Å². The number of aromatic amines is 1. The number of aryl methyl sites for hydroxylation is 2. The van der Waals surface area contributed by atoms with E-state index in [0.717, 1.165) is 22.0 Å². The summed E-state index contributed by atoms with van der Waals surface area (Å²) in [6.07, 6.45) is 0. The molecule has 3 aromatic rings. The topological polar surface area (TPSA) is 126 Å². The Morgan fingerprint density at radius 3 is 2.80 bits per heavy atom. The molecule has 0 atom stereocenters. The number of esters is 1. The van der Waals surface area contributed by atoms with Gasteiger partial charge in [0.1, 0.15) is 6.54 Å². The number of pyridine rings is 1. The molecule has 0 radical (unpaired) electrons. The van der Waals surface area contributed by atoms with Crippen molar-refractivity contribution in [3.05, 3.63) is 51.1 Å². The number of ether oxygens (including phenoxy) is 1. The highest BCUT2D eigenvalue weighted by Crippen LogP contribution is 2.19. The molecule has 0 unspecified atom stereocenters. The van der Waals surface area contributed by atoms with Crippen LogP contribution in [0.2, 0.25) is 0 Å². The molecule has 0 aliphatic heterocycles. The van der Waals surface area contributed by atoms with Crippen LogP contribution in [-0.2, 0) is 29.2 Å². The number of carbonyl (C=O) groups excluding carboxylic acids is 1. The third-order valence-corrected chi connectivity index (χ3v) is 4.76. The summed E-state index contributed by atoms with van der Waals surface area (Å²) in [5.41, 5.74) is 3.36. The summed E-state index contributed by atoms with van der Waals surface area (Å²) in [5, 5.41) is 21.9. The van der Waals surface area contributed by atoms with E-state index in [1.165, 1.54) is 4.68 Å². The van der Waals surface area contributed by atoms with Crippen LogP contribution in [0.4, 0.5) is 0 Å². The van der Waals surface area contributed by atoms with Gasteiger partial charge >= 0.3 is 5.97 Å². The van der Waals surface area contributed by atoms with Crippen LogP contribution in [0.25, 0.3) is 10.9 Å². The first-order valence-electron chi connectivity index (χ1n) is 9.78. The van der Waals surface area contributed by atoms with Crippen LogP contribution in [0.5, 0.6) is 0 Å². The summed E-state index contributed by atoms with van der Waals surface area (Å²) in [6.45, 7) is 6.68. The van der Waals surface area contributed by atoms with E-state index < -0.39 is 5.97 Å². The molecule has 2 aromatic heterocycles. The van der Waals surface area contributed by atoms with Gasteiger partial charge in [0.25, 0.3) is 5.56 Å². The van der Waals surface area contributed by atoms with Crippen molar-refractivity contribution in [1.82, 2.24) is 30.1 Å². The molecule has 0 saturated carbocycles. The standard InChI is InChI=1S/C20H26N6O4/c1-4-30-19(28)12-26-18(22-23-24-26)11-25(5-6-27)10-15-9-16-14(3)7-13(2)8-17(16)21-20(15)29/h7-9,27H,4-6,10-12H2,1-3H3,(H,21,29). The van der Waals surface area contributed by atoms with Crippen molar-refractivity contribution in [3.63, 3.8) is 0 Å². The van der Waals surface area contributed by atoms with Gasteiger partial charge in [-0.1, -0.05) is 6.07 Å². The summed E-state index contributed by atoms with van der Waals surface area (Å²) < 4.78 is 6.30. The highest BCUT2D eigenvalue weighted by atomic mass is 16.5. The number of nitrogens with one attached hydrogen (secondary N) is 1. The molecule has 1 aromatic carbocycles. The fourth-order valence-electron chi connectivity index (χ4n) is 3.42. The predicted octanol–water partition coefficient (Wildman–Crippen LogP) is 0.689. The van der Waals surface area contributed by atoms with E-state index in [-0.39, 0.29) is 31.9 Å². The maximum Gasteiger partial charge on any atom is 0.327 e. The summed E-state index contributed by atoms with van der Waals surface area (Å²) in [7, 11) is 0. The highest BCUT2D eigenvalue weighted by Gasteiger charge is 2.17. The fourth-order valence-corrected chi connectivity index (χ4v) is 3.42. The molecule has 0 aliphatic rings. The van der Waals surface area contributed by atoms with Crippen molar-refractivity contribution in [1.29, 1.82) is 0 Å². The third kappa shape index (κ3) is 5.08. The van der Waals surface area contributed by atoms with Gasteiger partial charge in [0.05, 0.1) is 19.8 Å². The quantitative estimate of drug-likeness (QED) is 0.490. The second-order valence-electron chi connectivity index (χ2n) is 7.16. The molecule has 0 amide bonds. The molecule has 0 bridgehead atoms. The summed E-state index contributed by atoms with van der Waals surface area (Å²) in [6, 6.07) is 5.90. The molecule has 2 heterocycles. The molecular formula is C20H26N6O4. The maximum atomic E-state index is 12.6. The number of hydrogen-bond acceptors (Lipinski definition) is 8. The van der Waals surface area contributed by atoms with Gasteiger partial charge in [-0.2, -0.15) is 0 Å². The lowest BCUT2D eigenvalue weighted by Crippen LogP contribution is -2.31. The number of tetrazole rings is 1. The van der Waals surface area contributed by atoms with Crippen molar-refractivity contribution in [2.45, 2.75) is 40.4 Å². The number of rotatable bonds is 9. The number of fused-ring (bicyclic) bond motifs is 1. The summed E-state index contributed by atoms with van der Waals surface area (Å²) >= 11 is 0. The number of aliphatic hydroxyl groups excluding tert-OH is 1. The van der Waals surface area contributed by atoms with E-state index in [1.54, 1.807) is 6.92 Å². The van der Waals surface area contributed by atoms with Gasteiger partial charge in [-0.25, -0.2) is 4.68 Å². The van der Waals surface area contributed by atoms with Gasteiger partial charge in [0.15, 0.2) is 5.82 Å². The number of aromatic nitrogens is 5. The summed E-state index contributed by atoms with van der Waals surface area (Å²) in [5.74, 6) is 0.0111. The molecule has 0 spiro atoms. The minimum atomic E-state index is -0.434. The largest absolute Gasteiger partial charge is 0.465 e. The van der Waals surface area contributed by atoms with E-state index >= 15 is 0 Å². The van der Waals surface area contributed by atoms with E-state index in [0.29, 0.717) is 24.5 Å². The number of H-pyrrole nitrogens is 1. The first kappa shape index (κ1) is 21.6. The van der Waals surface area contributed by atoms with E-state index in [2.05, 4.69) is 26.6 Å². The van der Waals surface area contributed by atoms with Crippen LogP contribution in [0, 0.1) is 13.8 Å². The molecule has 160 valence electrons. The minimum Gasteiger partial charge on any atom is -0.465 e. The fraction of sp³-hybridized carbons (Fsp3) is 0.450. The van der Waals surface area contributed by atoms with Gasteiger partial charge < -0.3 is 14.8 Å². The second kappa shape index (κ2) is 9.59. The minimum absolute atomic E-state index is 0.0941. The second-order valence-corrected chi connectivity index (χ2v) is 7.16. The van der Waals surface area contributed by atoms with E-state index in [9.17, 15) is 14.7 Å². The number of aliphatic hydroxyl groups is 1. The predicted molar refractivity (Wildman–Crippen MR) is 110 cm³/mol. The van der Waals surface area contributed by atoms with E-state index in [1.807, 2.05) is 30.9 Å². The lowest BCUT2D eigenvalue weighted by atomic mass is 10.0. The molecular weight excluding hydrogens is 388 g/mol. The van der Waals surface area contributed by atoms with Crippen molar-refractivity contribution >= 4 is 16.9 Å². The zero-order valence-corrected chi connectivity index (χ0v) is 17.4. The van der Waals surface area contributed by atoms with Crippen LogP contribution in [0.15, 0.2) is 23.0 Å². The molecule has 0 saturated heterocycles. The van der Waals surface area contributed by atoms with Gasteiger partial charge in [-0.05, 0) is 54.5 Å². The highest BCUT2D eigenvalue weighted by molar-refractivity contribution is 5.83. The van der Waals surface area contributed by atoms with Gasteiger partial charge in [0.2, 0.25) is 0 Å². The Labute approximate surface area is 173 Å². The van der Waals surface area contributed by atoms with Crippen LogP contribution < -0.4 is 5.56 Å². The third-order valence-electron chi connectivity index (χ3n) is 4.76.